The molecule has 0 aliphatic rings. The third-order valence-corrected chi connectivity index (χ3v) is 1.33. The average molecular weight is 220 g/mol. The van der Waals surface area contributed by atoms with Crippen molar-refractivity contribution in [3.05, 3.63) is 6.92 Å². The van der Waals surface area contributed by atoms with Gasteiger partial charge in [-0.1, -0.05) is 13.8 Å². The minimum absolute atomic E-state index is 0.239. The number of carbonyl (C=O) groups is 2. The van der Waals surface area contributed by atoms with Crippen molar-refractivity contribution in [2.75, 3.05) is 13.3 Å². The highest BCUT2D eigenvalue weighted by Gasteiger charge is 2.09. The molecule has 0 aliphatic carbocycles. The molecule has 0 aromatic heterocycles. The predicted molar refractivity (Wildman–Crippen MR) is 50.5 cm³/mol. The van der Waals surface area contributed by atoms with Crippen LogP contribution in [0.25, 0.3) is 0 Å². The van der Waals surface area contributed by atoms with Gasteiger partial charge >= 0.3 is 12.1 Å². The highest BCUT2D eigenvalue weighted by Crippen LogP contribution is 1.95. The summed E-state index contributed by atoms with van der Waals surface area (Å²) in [6.45, 7) is 5.61. The van der Waals surface area contributed by atoms with Gasteiger partial charge in [-0.25, -0.2) is 9.18 Å². The second-order valence-corrected chi connectivity index (χ2v) is 3.15. The number of hydrogen-bond acceptors (Lipinski definition) is 4. The monoisotopic (exact) mass is 220 g/mol. The van der Waals surface area contributed by atoms with Crippen LogP contribution >= 0.6 is 0 Å². The number of esters is 1. The van der Waals surface area contributed by atoms with Gasteiger partial charge in [0.05, 0.1) is 12.5 Å². The van der Waals surface area contributed by atoms with Crippen LogP contribution in [0.1, 0.15) is 13.8 Å². The van der Waals surface area contributed by atoms with E-state index in [1.807, 2.05) is 0 Å². The Balaban J connectivity index is 3.51. The molecule has 6 heteroatoms. The van der Waals surface area contributed by atoms with Crippen LogP contribution in [0, 0.1) is 12.8 Å². The first-order chi connectivity index (χ1) is 6.93. The lowest BCUT2D eigenvalue weighted by Gasteiger charge is -2.09. The third-order valence-electron chi connectivity index (χ3n) is 1.33. The van der Waals surface area contributed by atoms with Gasteiger partial charge in [-0.15, -0.1) is 0 Å². The second kappa shape index (κ2) is 7.03. The molecule has 1 radical (unpaired) electrons. The molecule has 0 bridgehead atoms. The summed E-state index contributed by atoms with van der Waals surface area (Å²) in [6.07, 6.45) is -2.24. The molecule has 0 spiro atoms. The van der Waals surface area contributed by atoms with E-state index >= 15 is 0 Å². The number of amides is 1. The maximum Gasteiger partial charge on any atom is 0.410 e. The Bertz CT molecular complexity index is 218. The topological polar surface area (TPSA) is 64.6 Å². The Morgan fingerprint density at radius 1 is 1.40 bits per heavy atom. The van der Waals surface area contributed by atoms with Gasteiger partial charge in [0.2, 0.25) is 6.79 Å². The number of halogens is 1. The van der Waals surface area contributed by atoms with E-state index in [0.29, 0.717) is 0 Å². The summed E-state index contributed by atoms with van der Waals surface area (Å²) in [7, 11) is 0. The number of ether oxygens (including phenoxy) is 2. The molecule has 87 valence electrons. The zero-order chi connectivity index (χ0) is 11.8. The van der Waals surface area contributed by atoms with Crippen LogP contribution in [0.4, 0.5) is 9.18 Å². The molecule has 0 fully saturated rings. The Morgan fingerprint density at radius 3 is 2.47 bits per heavy atom. The van der Waals surface area contributed by atoms with Crippen molar-refractivity contribution in [1.82, 2.24) is 5.32 Å². The third kappa shape index (κ3) is 7.72. The first-order valence-electron chi connectivity index (χ1n) is 4.48. The summed E-state index contributed by atoms with van der Waals surface area (Å²) in [6, 6.07) is 0. The molecule has 1 amide bonds. The molecule has 15 heavy (non-hydrogen) atoms. The molecule has 0 saturated carbocycles. The quantitative estimate of drug-likeness (QED) is 0.555. The predicted octanol–water partition coefficient (Wildman–Crippen LogP) is 1.04. The number of hydrogen-bond donors (Lipinski definition) is 1. The molecule has 0 saturated heterocycles. The molecular formula is C9H15FNO4. The molecule has 0 aromatic rings. The van der Waals surface area contributed by atoms with Crippen molar-refractivity contribution < 1.29 is 23.5 Å². The lowest BCUT2D eigenvalue weighted by molar-refractivity contribution is -0.155. The van der Waals surface area contributed by atoms with Gasteiger partial charge in [0.1, 0.15) is 6.17 Å². The van der Waals surface area contributed by atoms with Crippen LogP contribution in [0.15, 0.2) is 0 Å². The molecule has 0 rings (SSSR count). The van der Waals surface area contributed by atoms with Crippen molar-refractivity contribution in [1.29, 1.82) is 0 Å². The van der Waals surface area contributed by atoms with Crippen LogP contribution in [0.5, 0.6) is 0 Å². The average Bonchev–Trinajstić information content (AvgIpc) is 2.14. The van der Waals surface area contributed by atoms with E-state index in [1.54, 1.807) is 13.8 Å². The summed E-state index contributed by atoms with van der Waals surface area (Å²) < 4.78 is 21.1. The Hall–Kier alpha value is -1.33. The first kappa shape index (κ1) is 13.7. The normalized spacial score (nSPS) is 12.1. The summed E-state index contributed by atoms with van der Waals surface area (Å²) in [5, 5.41) is 2.10. The molecule has 1 N–H and O–H groups in total. The fraction of sp³-hybridized carbons (Fsp3) is 0.667. The highest BCUT2D eigenvalue weighted by atomic mass is 19.1. The minimum Gasteiger partial charge on any atom is -0.428 e. The molecule has 0 aliphatic heterocycles. The Kier molecular flexibility index (Phi) is 6.40. The van der Waals surface area contributed by atoms with Gasteiger partial charge in [0.25, 0.3) is 0 Å². The van der Waals surface area contributed by atoms with E-state index in [4.69, 9.17) is 0 Å². The van der Waals surface area contributed by atoms with Gasteiger partial charge in [-0.2, -0.15) is 0 Å². The lowest BCUT2D eigenvalue weighted by atomic mass is 10.2. The molecule has 0 heterocycles. The van der Waals surface area contributed by atoms with Gasteiger partial charge in [0.15, 0.2) is 0 Å². The zero-order valence-corrected chi connectivity index (χ0v) is 8.79. The van der Waals surface area contributed by atoms with E-state index in [9.17, 15) is 14.0 Å². The Morgan fingerprint density at radius 2 is 2.00 bits per heavy atom. The van der Waals surface area contributed by atoms with Gasteiger partial charge < -0.3 is 14.8 Å². The fourth-order valence-corrected chi connectivity index (χ4v) is 0.553. The number of nitrogens with one attached hydrogen (secondary N) is 1. The van der Waals surface area contributed by atoms with E-state index in [1.165, 1.54) is 0 Å². The van der Waals surface area contributed by atoms with Crippen molar-refractivity contribution >= 4 is 12.1 Å². The number of alkyl carbamates (subject to hydrolysis) is 1. The van der Waals surface area contributed by atoms with E-state index < -0.39 is 25.0 Å². The van der Waals surface area contributed by atoms with E-state index in [-0.39, 0.29) is 12.5 Å². The summed E-state index contributed by atoms with van der Waals surface area (Å²) >= 11 is 0. The van der Waals surface area contributed by atoms with Crippen LogP contribution in [-0.2, 0) is 14.3 Å². The Labute approximate surface area is 87.9 Å². The standard InChI is InChI=1S/C9H15FNO4/c1-6(2)8(12)14-5-15-9(13)11-4-7(3)10/h6-7H,3-5H2,1-2H3,(H,11,13)/t7-/m1/s1. The number of alkyl halides is 1. The molecular weight excluding hydrogens is 205 g/mol. The summed E-state index contributed by atoms with van der Waals surface area (Å²) in [5.41, 5.74) is 0. The van der Waals surface area contributed by atoms with Crippen LogP contribution in [0.3, 0.4) is 0 Å². The van der Waals surface area contributed by atoms with Crippen LogP contribution in [-0.4, -0.2) is 31.6 Å². The molecule has 0 aromatic carbocycles. The van der Waals surface area contributed by atoms with Crippen molar-refractivity contribution in [3.8, 4) is 0 Å². The van der Waals surface area contributed by atoms with Crippen molar-refractivity contribution in [2.24, 2.45) is 5.92 Å². The molecule has 0 unspecified atom stereocenters. The van der Waals surface area contributed by atoms with Gasteiger partial charge in [-0.3, -0.25) is 4.79 Å². The van der Waals surface area contributed by atoms with Crippen LogP contribution < -0.4 is 5.32 Å². The summed E-state index contributed by atoms with van der Waals surface area (Å²) in [5.74, 6) is -0.755. The molecule has 5 nitrogen and oxygen atoms in total. The maximum absolute atomic E-state index is 12.2. The SMILES string of the molecule is [CH2][C@@H](F)CNC(=O)OCOC(=O)C(C)C. The second-order valence-electron chi connectivity index (χ2n) is 3.15. The smallest absolute Gasteiger partial charge is 0.410 e. The lowest BCUT2D eigenvalue weighted by Crippen LogP contribution is -2.30. The van der Waals surface area contributed by atoms with Crippen LogP contribution in [0.2, 0.25) is 0 Å². The van der Waals surface area contributed by atoms with Gasteiger partial charge in [-0.05, 0) is 6.92 Å². The minimum atomic E-state index is -1.39. The molecule has 1 atom stereocenters. The van der Waals surface area contributed by atoms with Gasteiger partial charge in [0, 0.05) is 0 Å². The van der Waals surface area contributed by atoms with Crippen molar-refractivity contribution in [2.45, 2.75) is 20.0 Å². The zero-order valence-electron chi connectivity index (χ0n) is 8.79. The first-order valence-corrected chi connectivity index (χ1v) is 4.48. The number of rotatable bonds is 5. The largest absolute Gasteiger partial charge is 0.428 e. The van der Waals surface area contributed by atoms with Crippen molar-refractivity contribution in [3.63, 3.8) is 0 Å². The number of carbonyl (C=O) groups excluding carboxylic acids is 2. The van der Waals surface area contributed by atoms with E-state index in [0.717, 1.165) is 0 Å². The highest BCUT2D eigenvalue weighted by molar-refractivity contribution is 5.71. The maximum atomic E-state index is 12.2. The fourth-order valence-electron chi connectivity index (χ4n) is 0.553. The van der Waals surface area contributed by atoms with E-state index in [2.05, 4.69) is 21.7 Å². The summed E-state index contributed by atoms with van der Waals surface area (Å²) in [4.78, 5) is 21.7.